The molecule has 0 amide bonds. The molecular formula is C19H18FN3O2S. The van der Waals surface area contributed by atoms with Crippen molar-refractivity contribution < 1.29 is 9.13 Å². The Bertz CT molecular complexity index is 985. The van der Waals surface area contributed by atoms with E-state index in [0.717, 1.165) is 17.1 Å². The summed E-state index contributed by atoms with van der Waals surface area (Å²) in [6.45, 7) is 1.61. The van der Waals surface area contributed by atoms with Crippen molar-refractivity contribution in [2.24, 2.45) is 0 Å². The molecule has 1 aliphatic heterocycles. The third-order valence-corrected chi connectivity index (χ3v) is 5.43. The first-order valence-corrected chi connectivity index (χ1v) is 9.22. The van der Waals surface area contributed by atoms with Crippen molar-refractivity contribution in [3.63, 3.8) is 0 Å². The van der Waals surface area contributed by atoms with E-state index in [-0.39, 0.29) is 11.4 Å². The van der Waals surface area contributed by atoms with Gasteiger partial charge in [0.05, 0.1) is 23.2 Å². The van der Waals surface area contributed by atoms with Crippen LogP contribution in [0.3, 0.4) is 0 Å². The minimum absolute atomic E-state index is 0.116. The Kier molecular flexibility index (Phi) is 4.57. The summed E-state index contributed by atoms with van der Waals surface area (Å²) in [5.41, 5.74) is 1.95. The number of halogens is 1. The van der Waals surface area contributed by atoms with Gasteiger partial charge in [0.25, 0.3) is 5.56 Å². The summed E-state index contributed by atoms with van der Waals surface area (Å²) < 4.78 is 19.3. The van der Waals surface area contributed by atoms with Crippen LogP contribution in [0.2, 0.25) is 0 Å². The molecule has 0 fully saturated rings. The smallest absolute Gasteiger partial charge is 0.255 e. The Morgan fingerprint density at radius 2 is 2.27 bits per heavy atom. The topological polar surface area (TPSA) is 58.2 Å². The standard InChI is InChI=1S/C19H18FN3O2S/c1-25-13-4-5-15(20)12(9-13)10-23-7-6-16-14(11-23)19(24)22-18(21-16)17-3-2-8-26-17/h2-5,8-9H,6-7,10-11H2,1H3,(H,21,22,24). The predicted molar refractivity (Wildman–Crippen MR) is 98.9 cm³/mol. The number of nitrogens with one attached hydrogen (secondary N) is 1. The maximum absolute atomic E-state index is 14.1. The molecule has 0 unspecified atom stereocenters. The number of hydrogen-bond donors (Lipinski definition) is 1. The number of methoxy groups -OCH3 is 1. The summed E-state index contributed by atoms with van der Waals surface area (Å²) in [6.07, 6.45) is 0.670. The fourth-order valence-corrected chi connectivity index (χ4v) is 3.86. The summed E-state index contributed by atoms with van der Waals surface area (Å²) in [5, 5.41) is 1.96. The zero-order valence-corrected chi connectivity index (χ0v) is 15.1. The molecule has 1 aliphatic rings. The van der Waals surface area contributed by atoms with Crippen molar-refractivity contribution in [2.75, 3.05) is 13.7 Å². The van der Waals surface area contributed by atoms with Gasteiger partial charge in [-0.1, -0.05) is 6.07 Å². The molecular weight excluding hydrogens is 353 g/mol. The lowest BCUT2D eigenvalue weighted by Crippen LogP contribution is -2.35. The molecule has 3 heterocycles. The van der Waals surface area contributed by atoms with Gasteiger partial charge in [0, 0.05) is 31.6 Å². The lowest BCUT2D eigenvalue weighted by atomic mass is 10.1. The molecule has 1 aromatic carbocycles. The maximum atomic E-state index is 14.1. The van der Waals surface area contributed by atoms with E-state index < -0.39 is 0 Å². The molecule has 0 spiro atoms. The Morgan fingerprint density at radius 3 is 3.04 bits per heavy atom. The molecule has 1 N–H and O–H groups in total. The van der Waals surface area contributed by atoms with Crippen LogP contribution < -0.4 is 10.3 Å². The average Bonchev–Trinajstić information content (AvgIpc) is 3.18. The number of hydrogen-bond acceptors (Lipinski definition) is 5. The molecule has 7 heteroatoms. The van der Waals surface area contributed by atoms with Gasteiger partial charge < -0.3 is 9.72 Å². The van der Waals surface area contributed by atoms with Crippen LogP contribution in [0.5, 0.6) is 5.75 Å². The second-order valence-corrected chi connectivity index (χ2v) is 7.18. The third kappa shape index (κ3) is 3.27. The van der Waals surface area contributed by atoms with Gasteiger partial charge >= 0.3 is 0 Å². The van der Waals surface area contributed by atoms with E-state index in [1.165, 1.54) is 6.07 Å². The molecule has 0 atom stereocenters. The lowest BCUT2D eigenvalue weighted by Gasteiger charge is -2.27. The molecule has 5 nitrogen and oxygen atoms in total. The van der Waals surface area contributed by atoms with Crippen molar-refractivity contribution in [3.05, 3.63) is 68.7 Å². The van der Waals surface area contributed by atoms with E-state index in [9.17, 15) is 9.18 Å². The van der Waals surface area contributed by atoms with Gasteiger partial charge in [-0.3, -0.25) is 9.69 Å². The number of aromatic amines is 1. The number of ether oxygens (including phenoxy) is 1. The van der Waals surface area contributed by atoms with Crippen LogP contribution >= 0.6 is 11.3 Å². The first-order chi connectivity index (χ1) is 12.6. The van der Waals surface area contributed by atoms with Crippen LogP contribution in [-0.4, -0.2) is 28.5 Å². The Labute approximate surface area is 154 Å². The van der Waals surface area contributed by atoms with Crippen molar-refractivity contribution in [2.45, 2.75) is 19.5 Å². The van der Waals surface area contributed by atoms with E-state index in [0.29, 0.717) is 42.2 Å². The highest BCUT2D eigenvalue weighted by molar-refractivity contribution is 7.13. The summed E-state index contributed by atoms with van der Waals surface area (Å²) in [5.74, 6) is 0.978. The monoisotopic (exact) mass is 371 g/mol. The number of thiophene rings is 1. The maximum Gasteiger partial charge on any atom is 0.255 e. The Hall–Kier alpha value is -2.51. The highest BCUT2D eigenvalue weighted by Crippen LogP contribution is 2.24. The summed E-state index contributed by atoms with van der Waals surface area (Å²) >= 11 is 1.55. The SMILES string of the molecule is COc1ccc(F)c(CN2CCc3nc(-c4cccs4)[nH]c(=O)c3C2)c1. The van der Waals surface area contributed by atoms with Crippen LogP contribution in [0.1, 0.15) is 16.8 Å². The summed E-state index contributed by atoms with van der Waals surface area (Å²) in [7, 11) is 1.56. The molecule has 4 rings (SSSR count). The largest absolute Gasteiger partial charge is 0.497 e. The highest BCUT2D eigenvalue weighted by atomic mass is 32.1. The highest BCUT2D eigenvalue weighted by Gasteiger charge is 2.22. The zero-order valence-electron chi connectivity index (χ0n) is 14.3. The first kappa shape index (κ1) is 16.9. The van der Waals surface area contributed by atoms with Crippen molar-refractivity contribution >= 4 is 11.3 Å². The lowest BCUT2D eigenvalue weighted by molar-refractivity contribution is 0.238. The molecule has 0 saturated carbocycles. The van der Waals surface area contributed by atoms with E-state index in [2.05, 4.69) is 14.9 Å². The second kappa shape index (κ2) is 7.01. The number of nitrogens with zero attached hydrogens (tertiary/aromatic N) is 2. The van der Waals surface area contributed by atoms with Gasteiger partial charge in [-0.15, -0.1) is 11.3 Å². The van der Waals surface area contributed by atoms with Gasteiger partial charge in [0.15, 0.2) is 5.82 Å². The minimum Gasteiger partial charge on any atom is -0.497 e. The molecule has 134 valence electrons. The summed E-state index contributed by atoms with van der Waals surface area (Å²) in [4.78, 5) is 23.1. The minimum atomic E-state index is -0.267. The molecule has 0 aliphatic carbocycles. The molecule has 0 bridgehead atoms. The molecule has 2 aromatic heterocycles. The third-order valence-electron chi connectivity index (χ3n) is 4.55. The van der Waals surface area contributed by atoms with Crippen LogP contribution in [0.4, 0.5) is 4.39 Å². The van der Waals surface area contributed by atoms with Crippen LogP contribution in [-0.2, 0) is 19.5 Å². The predicted octanol–water partition coefficient (Wildman–Crippen LogP) is 3.20. The average molecular weight is 371 g/mol. The molecule has 3 aromatic rings. The number of aromatic nitrogens is 2. The fraction of sp³-hybridized carbons (Fsp3) is 0.263. The van der Waals surface area contributed by atoms with Gasteiger partial charge in [0.1, 0.15) is 11.6 Å². The van der Waals surface area contributed by atoms with Gasteiger partial charge in [0.2, 0.25) is 0 Å². The Balaban J connectivity index is 1.58. The second-order valence-electron chi connectivity index (χ2n) is 6.24. The quantitative estimate of drug-likeness (QED) is 0.765. The van der Waals surface area contributed by atoms with Crippen molar-refractivity contribution in [1.82, 2.24) is 14.9 Å². The van der Waals surface area contributed by atoms with Crippen molar-refractivity contribution in [1.29, 1.82) is 0 Å². The first-order valence-electron chi connectivity index (χ1n) is 8.35. The van der Waals surface area contributed by atoms with E-state index >= 15 is 0 Å². The van der Waals surface area contributed by atoms with Gasteiger partial charge in [-0.05, 0) is 29.6 Å². The van der Waals surface area contributed by atoms with E-state index in [1.54, 1.807) is 30.6 Å². The fourth-order valence-electron chi connectivity index (χ4n) is 3.19. The summed E-state index contributed by atoms with van der Waals surface area (Å²) in [6, 6.07) is 8.59. The van der Waals surface area contributed by atoms with E-state index in [1.807, 2.05) is 17.5 Å². The molecule has 0 radical (unpaired) electrons. The van der Waals surface area contributed by atoms with E-state index in [4.69, 9.17) is 4.74 Å². The number of benzene rings is 1. The van der Waals surface area contributed by atoms with Crippen LogP contribution in [0.25, 0.3) is 10.7 Å². The van der Waals surface area contributed by atoms with Gasteiger partial charge in [-0.25, -0.2) is 9.37 Å². The number of fused-ring (bicyclic) bond motifs is 1. The molecule has 26 heavy (non-hydrogen) atoms. The number of H-pyrrole nitrogens is 1. The Morgan fingerprint density at radius 1 is 1.38 bits per heavy atom. The number of rotatable bonds is 4. The van der Waals surface area contributed by atoms with Crippen LogP contribution in [0, 0.1) is 5.82 Å². The normalized spacial score (nSPS) is 14.2. The zero-order chi connectivity index (χ0) is 18.1. The van der Waals surface area contributed by atoms with Crippen molar-refractivity contribution in [3.8, 4) is 16.5 Å². The molecule has 0 saturated heterocycles. The van der Waals surface area contributed by atoms with Gasteiger partial charge in [-0.2, -0.15) is 0 Å². The van der Waals surface area contributed by atoms with Crippen LogP contribution in [0.15, 0.2) is 40.5 Å².